The Kier molecular flexibility index (Phi) is 7.14. The first-order valence-corrected chi connectivity index (χ1v) is 11.5. The molecule has 0 radical (unpaired) electrons. The number of amides is 2. The molecule has 34 heavy (non-hydrogen) atoms. The number of benzene rings is 2. The van der Waals surface area contributed by atoms with E-state index in [4.69, 9.17) is 14.2 Å². The van der Waals surface area contributed by atoms with E-state index in [0.717, 1.165) is 4.88 Å². The highest BCUT2D eigenvalue weighted by molar-refractivity contribution is 7.10. The van der Waals surface area contributed by atoms with Crippen molar-refractivity contribution in [1.29, 1.82) is 0 Å². The molecule has 0 saturated heterocycles. The maximum atomic E-state index is 15.4. The Bertz CT molecular complexity index is 1180. The Hall–Kier alpha value is -3.43. The molecule has 178 valence electrons. The van der Waals surface area contributed by atoms with Crippen LogP contribution >= 0.6 is 11.3 Å². The maximum absolute atomic E-state index is 15.4. The van der Waals surface area contributed by atoms with Crippen LogP contribution in [0, 0.1) is 5.82 Å². The molecule has 0 aliphatic carbocycles. The van der Waals surface area contributed by atoms with Gasteiger partial charge < -0.3 is 24.4 Å². The summed E-state index contributed by atoms with van der Waals surface area (Å²) in [5.41, 5.74) is 0.690. The van der Waals surface area contributed by atoms with Crippen molar-refractivity contribution in [2.24, 2.45) is 0 Å². The number of anilines is 1. The smallest absolute Gasteiger partial charge is 0.257 e. The molecule has 2 unspecified atom stereocenters. The van der Waals surface area contributed by atoms with Gasteiger partial charge in [0.05, 0.1) is 38.3 Å². The summed E-state index contributed by atoms with van der Waals surface area (Å²) >= 11 is 1.44. The number of rotatable bonds is 8. The van der Waals surface area contributed by atoms with E-state index >= 15 is 4.39 Å². The first-order chi connectivity index (χ1) is 16.5. The van der Waals surface area contributed by atoms with Crippen molar-refractivity contribution < 1.29 is 28.2 Å². The topological polar surface area (TPSA) is 77.1 Å². The summed E-state index contributed by atoms with van der Waals surface area (Å²) in [4.78, 5) is 29.6. The molecule has 4 rings (SSSR count). The van der Waals surface area contributed by atoms with Gasteiger partial charge in [-0.3, -0.25) is 9.59 Å². The molecular weight excluding hydrogens is 459 g/mol. The second-order valence-corrected chi connectivity index (χ2v) is 8.68. The number of carbonyl (C=O) groups excluding carboxylic acids is 2. The van der Waals surface area contributed by atoms with Gasteiger partial charge in [-0.2, -0.15) is 0 Å². The molecule has 0 bridgehead atoms. The molecule has 1 aromatic heterocycles. The number of hydrogen-bond acceptors (Lipinski definition) is 6. The zero-order chi connectivity index (χ0) is 24.2. The predicted octanol–water partition coefficient (Wildman–Crippen LogP) is 4.47. The minimum atomic E-state index is -0.866. The summed E-state index contributed by atoms with van der Waals surface area (Å²) in [7, 11) is 4.40. The Labute approximate surface area is 201 Å². The first kappa shape index (κ1) is 23.7. The third-order valence-corrected chi connectivity index (χ3v) is 6.75. The van der Waals surface area contributed by atoms with Gasteiger partial charge in [0.1, 0.15) is 5.75 Å². The minimum absolute atomic E-state index is 0.0553. The van der Waals surface area contributed by atoms with Crippen LogP contribution in [0.15, 0.2) is 53.9 Å². The second-order valence-electron chi connectivity index (χ2n) is 7.70. The van der Waals surface area contributed by atoms with Gasteiger partial charge in [-0.1, -0.05) is 18.2 Å². The summed E-state index contributed by atoms with van der Waals surface area (Å²) < 4.78 is 31.0. The number of halogens is 1. The lowest BCUT2D eigenvalue weighted by Crippen LogP contribution is -2.47. The maximum Gasteiger partial charge on any atom is 0.257 e. The van der Waals surface area contributed by atoms with Gasteiger partial charge in [0.2, 0.25) is 5.91 Å². The molecule has 3 aromatic rings. The predicted molar refractivity (Wildman–Crippen MR) is 127 cm³/mol. The Morgan fingerprint density at radius 2 is 1.94 bits per heavy atom. The molecule has 2 heterocycles. The van der Waals surface area contributed by atoms with Crippen LogP contribution < -0.4 is 14.8 Å². The number of methoxy groups -OCH3 is 3. The van der Waals surface area contributed by atoms with Gasteiger partial charge in [0, 0.05) is 30.3 Å². The SMILES string of the molecule is COCCN1C(=O)c2c(ccc(OC)c2F)C(C(=O)Nc2cccc(OC)c2)C1c1cccs1. The van der Waals surface area contributed by atoms with Gasteiger partial charge in [-0.25, -0.2) is 4.39 Å². The van der Waals surface area contributed by atoms with E-state index in [0.29, 0.717) is 17.0 Å². The fraction of sp³-hybridized carbons (Fsp3) is 0.280. The molecule has 0 spiro atoms. The monoisotopic (exact) mass is 484 g/mol. The van der Waals surface area contributed by atoms with Crippen LogP contribution in [0.3, 0.4) is 0 Å². The molecule has 2 atom stereocenters. The number of ether oxygens (including phenoxy) is 3. The van der Waals surface area contributed by atoms with Crippen LogP contribution in [0.25, 0.3) is 0 Å². The molecule has 2 aromatic carbocycles. The third-order valence-electron chi connectivity index (χ3n) is 5.81. The minimum Gasteiger partial charge on any atom is -0.497 e. The molecule has 0 fully saturated rings. The molecule has 9 heteroatoms. The van der Waals surface area contributed by atoms with E-state index in [1.807, 2.05) is 17.5 Å². The van der Waals surface area contributed by atoms with E-state index in [1.165, 1.54) is 36.5 Å². The number of nitrogens with one attached hydrogen (secondary N) is 1. The number of nitrogens with zero attached hydrogens (tertiary/aromatic N) is 1. The van der Waals surface area contributed by atoms with Crippen molar-refractivity contribution >= 4 is 28.8 Å². The zero-order valence-electron chi connectivity index (χ0n) is 19.0. The van der Waals surface area contributed by atoms with E-state index < -0.39 is 23.7 Å². The Morgan fingerprint density at radius 1 is 1.12 bits per heavy atom. The van der Waals surface area contributed by atoms with Gasteiger partial charge in [-0.05, 0) is 35.2 Å². The number of hydrogen-bond donors (Lipinski definition) is 1. The highest BCUT2D eigenvalue weighted by atomic mass is 32.1. The van der Waals surface area contributed by atoms with Gasteiger partial charge in [0.25, 0.3) is 5.91 Å². The largest absolute Gasteiger partial charge is 0.497 e. The van der Waals surface area contributed by atoms with Crippen LogP contribution in [0.5, 0.6) is 11.5 Å². The average Bonchev–Trinajstić information content (AvgIpc) is 3.38. The number of thiophene rings is 1. The quantitative estimate of drug-likeness (QED) is 0.511. The van der Waals surface area contributed by atoms with E-state index in [1.54, 1.807) is 37.4 Å². The summed E-state index contributed by atoms with van der Waals surface area (Å²) in [5.74, 6) is -1.99. The van der Waals surface area contributed by atoms with Crippen molar-refractivity contribution in [3.05, 3.63) is 75.7 Å². The van der Waals surface area contributed by atoms with Crippen molar-refractivity contribution in [1.82, 2.24) is 4.90 Å². The van der Waals surface area contributed by atoms with Crippen LogP contribution in [-0.4, -0.2) is 51.2 Å². The lowest BCUT2D eigenvalue weighted by atomic mass is 9.81. The highest BCUT2D eigenvalue weighted by Gasteiger charge is 2.46. The molecule has 1 aliphatic rings. The average molecular weight is 485 g/mol. The fourth-order valence-electron chi connectivity index (χ4n) is 4.24. The third kappa shape index (κ3) is 4.36. The molecule has 2 amide bonds. The summed E-state index contributed by atoms with van der Waals surface area (Å²) in [6.45, 7) is 0.426. The molecular formula is C25H25FN2O5S. The summed E-state index contributed by atoms with van der Waals surface area (Å²) in [5, 5.41) is 4.81. The van der Waals surface area contributed by atoms with Crippen molar-refractivity contribution in [2.75, 3.05) is 39.8 Å². The lowest BCUT2D eigenvalue weighted by Gasteiger charge is -2.41. The highest BCUT2D eigenvalue weighted by Crippen LogP contribution is 2.46. The van der Waals surface area contributed by atoms with Crippen LogP contribution in [-0.2, 0) is 9.53 Å². The van der Waals surface area contributed by atoms with Crippen LogP contribution in [0.1, 0.15) is 32.8 Å². The fourth-order valence-corrected chi connectivity index (χ4v) is 5.11. The van der Waals surface area contributed by atoms with Crippen molar-refractivity contribution in [3.8, 4) is 11.5 Å². The van der Waals surface area contributed by atoms with Crippen LogP contribution in [0.2, 0.25) is 0 Å². The Morgan fingerprint density at radius 3 is 2.62 bits per heavy atom. The standard InChI is InChI=1S/C25H25FN2O5S/c1-31-12-11-28-23(19-8-5-13-34-19)21(24(29)27-15-6-4-7-16(14-15)32-2)17-9-10-18(33-3)22(26)20(17)25(28)30/h4-10,13-14,21,23H,11-12H2,1-3H3,(H,27,29). The Balaban J connectivity index is 1.86. The second kappa shape index (κ2) is 10.2. The first-order valence-electron chi connectivity index (χ1n) is 10.6. The van der Waals surface area contributed by atoms with Crippen molar-refractivity contribution in [3.63, 3.8) is 0 Å². The number of fused-ring (bicyclic) bond motifs is 1. The zero-order valence-corrected chi connectivity index (χ0v) is 19.9. The van der Waals surface area contributed by atoms with Gasteiger partial charge >= 0.3 is 0 Å². The van der Waals surface area contributed by atoms with E-state index in [9.17, 15) is 9.59 Å². The van der Waals surface area contributed by atoms with E-state index in [2.05, 4.69) is 5.32 Å². The van der Waals surface area contributed by atoms with Gasteiger partial charge in [-0.15, -0.1) is 11.3 Å². The number of carbonyl (C=O) groups is 2. The normalized spacial score (nSPS) is 17.3. The molecule has 7 nitrogen and oxygen atoms in total. The van der Waals surface area contributed by atoms with Crippen LogP contribution in [0.4, 0.5) is 10.1 Å². The molecule has 0 saturated carbocycles. The summed E-state index contributed by atoms with van der Waals surface area (Å²) in [6, 6.07) is 13.1. The lowest BCUT2D eigenvalue weighted by molar-refractivity contribution is -0.119. The van der Waals surface area contributed by atoms with Gasteiger partial charge in [0.15, 0.2) is 11.6 Å². The summed E-state index contributed by atoms with van der Waals surface area (Å²) in [6.07, 6.45) is 0. The molecule has 1 N–H and O–H groups in total. The van der Waals surface area contributed by atoms with Crippen molar-refractivity contribution in [2.45, 2.75) is 12.0 Å². The molecule has 1 aliphatic heterocycles. The van der Waals surface area contributed by atoms with E-state index in [-0.39, 0.29) is 30.4 Å².